The number of hydrogen-bond donors (Lipinski definition) is 0. The van der Waals surface area contributed by atoms with Crippen LogP contribution in [0.3, 0.4) is 0 Å². The molecule has 5 heteroatoms. The average molecular weight is 293 g/mol. The molecule has 0 spiro atoms. The van der Waals surface area contributed by atoms with Crippen molar-refractivity contribution in [2.45, 2.75) is 13.0 Å². The summed E-state index contributed by atoms with van der Waals surface area (Å²) in [5, 5.41) is 1.77. The minimum absolute atomic E-state index is 0.103. The quantitative estimate of drug-likeness (QED) is 0.811. The maximum absolute atomic E-state index is 12.3. The van der Waals surface area contributed by atoms with Crippen molar-refractivity contribution in [3.8, 4) is 0 Å². The Morgan fingerprint density at radius 1 is 1.35 bits per heavy atom. The molecule has 20 heavy (non-hydrogen) atoms. The van der Waals surface area contributed by atoms with Gasteiger partial charge in [0.2, 0.25) is 0 Å². The largest absolute Gasteiger partial charge is 0.451 e. The minimum Gasteiger partial charge on any atom is -0.451 e. The number of amides is 1. The van der Waals surface area contributed by atoms with Gasteiger partial charge in [-0.15, -0.1) is 0 Å². The van der Waals surface area contributed by atoms with E-state index in [9.17, 15) is 4.79 Å². The zero-order chi connectivity index (χ0) is 14.4. The fourth-order valence-corrected chi connectivity index (χ4v) is 2.98. The third-order valence-corrected chi connectivity index (χ3v) is 4.13. The highest BCUT2D eigenvalue weighted by Gasteiger charge is 2.27. The first-order valence-electron chi connectivity index (χ1n) is 6.62. The van der Waals surface area contributed by atoms with Crippen molar-refractivity contribution in [2.75, 3.05) is 27.7 Å². The third-order valence-electron chi connectivity index (χ3n) is 3.78. The second kappa shape index (κ2) is 4.79. The molecule has 3 rings (SSSR count). The molecule has 0 fully saturated rings. The van der Waals surface area contributed by atoms with Crippen molar-refractivity contribution < 1.29 is 9.21 Å². The summed E-state index contributed by atoms with van der Waals surface area (Å²) >= 11 is 6.33. The van der Waals surface area contributed by atoms with Crippen LogP contribution in [0.15, 0.2) is 16.5 Å². The van der Waals surface area contributed by atoms with Gasteiger partial charge >= 0.3 is 0 Å². The lowest BCUT2D eigenvalue weighted by atomic mass is 10.0. The van der Waals surface area contributed by atoms with E-state index in [2.05, 4.69) is 4.90 Å². The number of carbonyl (C=O) groups excluding carboxylic acids is 1. The molecule has 0 saturated carbocycles. The predicted octanol–water partition coefficient (Wildman–Crippen LogP) is 2.78. The summed E-state index contributed by atoms with van der Waals surface area (Å²) in [6, 6.07) is 3.70. The van der Waals surface area contributed by atoms with Gasteiger partial charge in [0, 0.05) is 43.2 Å². The molecular formula is C15H17ClN2O2. The van der Waals surface area contributed by atoms with Gasteiger partial charge in [0.15, 0.2) is 5.76 Å². The highest BCUT2D eigenvalue weighted by Crippen LogP contribution is 2.36. The van der Waals surface area contributed by atoms with Gasteiger partial charge < -0.3 is 14.2 Å². The molecule has 0 saturated heterocycles. The number of benzene rings is 1. The average Bonchev–Trinajstić information content (AvgIpc) is 2.65. The van der Waals surface area contributed by atoms with Crippen molar-refractivity contribution in [3.05, 3.63) is 34.0 Å². The molecular weight excluding hydrogens is 276 g/mol. The lowest BCUT2D eigenvalue weighted by Crippen LogP contribution is -2.24. The van der Waals surface area contributed by atoms with E-state index in [0.717, 1.165) is 40.1 Å². The van der Waals surface area contributed by atoms with Gasteiger partial charge in [-0.3, -0.25) is 4.79 Å². The summed E-state index contributed by atoms with van der Waals surface area (Å²) in [4.78, 5) is 16.0. The zero-order valence-electron chi connectivity index (χ0n) is 11.9. The highest BCUT2D eigenvalue weighted by atomic mass is 35.5. The number of likely N-dealkylation sites (N-methyl/N-ethyl adjacent to an activating group) is 1. The first-order chi connectivity index (χ1) is 9.49. The van der Waals surface area contributed by atoms with E-state index >= 15 is 0 Å². The van der Waals surface area contributed by atoms with Crippen LogP contribution in [0.5, 0.6) is 0 Å². The van der Waals surface area contributed by atoms with Crippen LogP contribution >= 0.6 is 11.6 Å². The lowest BCUT2D eigenvalue weighted by molar-refractivity contribution is 0.0796. The first kappa shape index (κ1) is 13.5. The van der Waals surface area contributed by atoms with Crippen molar-refractivity contribution in [1.82, 2.24) is 9.80 Å². The van der Waals surface area contributed by atoms with Gasteiger partial charge in [-0.25, -0.2) is 0 Å². The SMILES string of the molecule is CN1CCc2c(Cl)ccc3oc(C(=O)N(C)C)c(c23)C1. The Morgan fingerprint density at radius 3 is 2.80 bits per heavy atom. The lowest BCUT2D eigenvalue weighted by Gasteiger charge is -2.14. The summed E-state index contributed by atoms with van der Waals surface area (Å²) < 4.78 is 5.82. The van der Waals surface area contributed by atoms with Crippen LogP contribution in [0.25, 0.3) is 11.0 Å². The Labute approximate surface area is 122 Å². The second-order valence-corrected chi connectivity index (χ2v) is 5.90. The smallest absolute Gasteiger partial charge is 0.289 e. The maximum atomic E-state index is 12.3. The van der Waals surface area contributed by atoms with Gasteiger partial charge in [-0.1, -0.05) is 11.6 Å². The highest BCUT2D eigenvalue weighted by molar-refractivity contribution is 6.32. The van der Waals surface area contributed by atoms with Crippen molar-refractivity contribution in [2.24, 2.45) is 0 Å². The van der Waals surface area contributed by atoms with E-state index in [1.165, 1.54) is 0 Å². The number of halogens is 1. The number of furan rings is 1. The molecule has 0 atom stereocenters. The number of rotatable bonds is 1. The van der Waals surface area contributed by atoms with Crippen LogP contribution in [0, 0.1) is 0 Å². The zero-order valence-corrected chi connectivity index (χ0v) is 12.6. The monoisotopic (exact) mass is 292 g/mol. The molecule has 1 aliphatic heterocycles. The molecule has 0 unspecified atom stereocenters. The molecule has 4 nitrogen and oxygen atoms in total. The Balaban J connectivity index is 2.31. The molecule has 1 aliphatic rings. The maximum Gasteiger partial charge on any atom is 0.289 e. The van der Waals surface area contributed by atoms with Gasteiger partial charge in [-0.2, -0.15) is 0 Å². The molecule has 2 aromatic rings. The van der Waals surface area contributed by atoms with E-state index in [0.29, 0.717) is 12.3 Å². The number of hydrogen-bond acceptors (Lipinski definition) is 3. The predicted molar refractivity (Wildman–Crippen MR) is 79.3 cm³/mol. The molecule has 0 radical (unpaired) electrons. The normalized spacial score (nSPS) is 15.4. The van der Waals surface area contributed by atoms with E-state index in [1.54, 1.807) is 19.0 Å². The first-order valence-corrected chi connectivity index (χ1v) is 6.99. The van der Waals surface area contributed by atoms with E-state index < -0.39 is 0 Å². The number of carbonyl (C=O) groups is 1. The summed E-state index contributed by atoms with van der Waals surface area (Å²) in [5.41, 5.74) is 2.79. The third kappa shape index (κ3) is 2.00. The van der Waals surface area contributed by atoms with E-state index in [1.807, 2.05) is 19.2 Å². The second-order valence-electron chi connectivity index (χ2n) is 5.50. The molecule has 1 amide bonds. The van der Waals surface area contributed by atoms with Crippen molar-refractivity contribution >= 4 is 28.5 Å². The summed E-state index contributed by atoms with van der Waals surface area (Å²) in [7, 11) is 5.51. The molecule has 106 valence electrons. The fourth-order valence-electron chi connectivity index (χ4n) is 2.72. The Bertz CT molecular complexity index is 691. The van der Waals surface area contributed by atoms with Gasteiger partial charge in [-0.05, 0) is 31.2 Å². The summed E-state index contributed by atoms with van der Waals surface area (Å²) in [5.74, 6) is 0.329. The minimum atomic E-state index is -0.103. The molecule has 2 heterocycles. The Hall–Kier alpha value is -1.52. The van der Waals surface area contributed by atoms with Gasteiger partial charge in [0.25, 0.3) is 5.91 Å². The van der Waals surface area contributed by atoms with Crippen molar-refractivity contribution in [3.63, 3.8) is 0 Å². The molecule has 0 aliphatic carbocycles. The molecule has 0 bridgehead atoms. The Morgan fingerprint density at radius 2 is 2.10 bits per heavy atom. The van der Waals surface area contributed by atoms with Crippen LogP contribution in [-0.4, -0.2) is 43.4 Å². The van der Waals surface area contributed by atoms with Crippen LogP contribution in [0.1, 0.15) is 21.7 Å². The van der Waals surface area contributed by atoms with E-state index in [4.69, 9.17) is 16.0 Å². The molecule has 1 aromatic heterocycles. The number of nitrogens with zero attached hydrogens (tertiary/aromatic N) is 2. The van der Waals surface area contributed by atoms with Gasteiger partial charge in [0.05, 0.1) is 0 Å². The summed E-state index contributed by atoms with van der Waals surface area (Å²) in [6.07, 6.45) is 0.870. The van der Waals surface area contributed by atoms with Crippen LogP contribution < -0.4 is 0 Å². The molecule has 1 aromatic carbocycles. The molecule has 0 N–H and O–H groups in total. The van der Waals surface area contributed by atoms with Crippen LogP contribution in [-0.2, 0) is 13.0 Å². The van der Waals surface area contributed by atoms with Gasteiger partial charge in [0.1, 0.15) is 5.58 Å². The van der Waals surface area contributed by atoms with E-state index in [-0.39, 0.29) is 5.91 Å². The van der Waals surface area contributed by atoms with Crippen LogP contribution in [0.2, 0.25) is 5.02 Å². The summed E-state index contributed by atoms with van der Waals surface area (Å²) in [6.45, 7) is 1.62. The van der Waals surface area contributed by atoms with Crippen molar-refractivity contribution in [1.29, 1.82) is 0 Å². The fraction of sp³-hybridized carbons (Fsp3) is 0.400. The standard InChI is InChI=1S/C15H17ClN2O2/c1-17(2)15(19)14-10-8-18(3)7-6-9-11(16)4-5-12(20-14)13(9)10/h4-5H,6-8H2,1-3H3. The topological polar surface area (TPSA) is 36.7 Å². The Kier molecular flexibility index (Phi) is 3.22. The van der Waals surface area contributed by atoms with Crippen LogP contribution in [0.4, 0.5) is 0 Å².